The maximum atomic E-state index is 12.6. The fraction of sp³-hybridized carbons (Fsp3) is 0. The zero-order valence-corrected chi connectivity index (χ0v) is 14.4. The molecule has 0 saturated carbocycles. The summed E-state index contributed by atoms with van der Waals surface area (Å²) < 4.78 is 5.23. The molecule has 0 aliphatic rings. The van der Waals surface area contributed by atoms with E-state index in [1.165, 1.54) is 23.7 Å². The van der Waals surface area contributed by atoms with Gasteiger partial charge in [-0.25, -0.2) is 0 Å². The monoisotopic (exact) mass is 372 g/mol. The summed E-state index contributed by atoms with van der Waals surface area (Å²) in [6.07, 6.45) is 2.95. The molecule has 126 valence electrons. The highest BCUT2D eigenvalue weighted by molar-refractivity contribution is 7.12. The molecule has 0 saturated heterocycles. The number of carbonyl (C=O) groups excluding carboxylic acids is 2. The molecule has 0 aliphatic carbocycles. The maximum absolute atomic E-state index is 12.6. The Morgan fingerprint density at radius 1 is 1.12 bits per heavy atom. The van der Waals surface area contributed by atoms with E-state index in [2.05, 4.69) is 10.6 Å². The van der Waals surface area contributed by atoms with Crippen molar-refractivity contribution in [3.8, 4) is 0 Å². The van der Waals surface area contributed by atoms with Gasteiger partial charge in [-0.15, -0.1) is 11.3 Å². The van der Waals surface area contributed by atoms with Gasteiger partial charge >= 0.3 is 0 Å². The number of nitrogens with one attached hydrogen (secondary N) is 2. The van der Waals surface area contributed by atoms with E-state index in [1.54, 1.807) is 53.9 Å². The first-order chi connectivity index (χ1) is 12.1. The first kappa shape index (κ1) is 17.0. The van der Waals surface area contributed by atoms with Crippen LogP contribution in [0.5, 0.6) is 0 Å². The molecule has 25 heavy (non-hydrogen) atoms. The van der Waals surface area contributed by atoms with E-state index in [1.807, 2.05) is 0 Å². The van der Waals surface area contributed by atoms with Crippen LogP contribution in [0.1, 0.15) is 15.4 Å². The lowest BCUT2D eigenvalue weighted by Gasteiger charge is -2.10. The molecule has 0 bridgehead atoms. The summed E-state index contributed by atoms with van der Waals surface area (Å²) >= 11 is 7.21. The van der Waals surface area contributed by atoms with Crippen molar-refractivity contribution in [2.45, 2.75) is 0 Å². The number of carbonyl (C=O) groups is 2. The van der Waals surface area contributed by atoms with Gasteiger partial charge < -0.3 is 15.1 Å². The maximum Gasteiger partial charge on any atom is 0.272 e. The number of rotatable bonds is 5. The molecule has 0 unspecified atom stereocenters. The van der Waals surface area contributed by atoms with Crippen molar-refractivity contribution in [1.29, 1.82) is 0 Å². The third-order valence-corrected chi connectivity index (χ3v) is 4.25. The minimum atomic E-state index is -0.483. The van der Waals surface area contributed by atoms with E-state index < -0.39 is 5.91 Å². The van der Waals surface area contributed by atoms with Gasteiger partial charge in [0.2, 0.25) is 0 Å². The molecule has 0 atom stereocenters. The molecular weight excluding hydrogens is 360 g/mol. The van der Waals surface area contributed by atoms with Gasteiger partial charge in [0.1, 0.15) is 11.5 Å². The molecule has 2 amide bonds. The molecule has 0 spiro atoms. The topological polar surface area (TPSA) is 71.3 Å². The minimum absolute atomic E-state index is 0.0633. The summed E-state index contributed by atoms with van der Waals surface area (Å²) in [5.74, 6) is -0.402. The first-order valence-electron chi connectivity index (χ1n) is 7.29. The van der Waals surface area contributed by atoms with E-state index in [9.17, 15) is 9.59 Å². The van der Waals surface area contributed by atoms with Crippen molar-refractivity contribution in [2.24, 2.45) is 0 Å². The summed E-state index contributed by atoms with van der Waals surface area (Å²) in [6, 6.07) is 13.6. The molecule has 2 aromatic heterocycles. The lowest BCUT2D eigenvalue weighted by molar-refractivity contribution is -0.113. The number of anilines is 1. The van der Waals surface area contributed by atoms with Crippen molar-refractivity contribution in [2.75, 3.05) is 5.32 Å². The van der Waals surface area contributed by atoms with Crippen LogP contribution in [0.2, 0.25) is 5.02 Å². The Morgan fingerprint density at radius 3 is 2.68 bits per heavy atom. The predicted octanol–water partition coefficient (Wildman–Crippen LogP) is 4.40. The number of benzene rings is 1. The average molecular weight is 373 g/mol. The molecule has 2 N–H and O–H groups in total. The van der Waals surface area contributed by atoms with Crippen LogP contribution in [0.15, 0.2) is 70.3 Å². The molecule has 3 aromatic rings. The van der Waals surface area contributed by atoms with Gasteiger partial charge in [0, 0.05) is 16.8 Å². The van der Waals surface area contributed by atoms with Crippen molar-refractivity contribution in [3.63, 3.8) is 0 Å². The second-order valence-electron chi connectivity index (χ2n) is 4.97. The third kappa shape index (κ3) is 4.59. The van der Waals surface area contributed by atoms with E-state index in [4.69, 9.17) is 16.0 Å². The molecule has 5 nitrogen and oxygen atoms in total. The van der Waals surface area contributed by atoms with Crippen molar-refractivity contribution < 1.29 is 14.0 Å². The lowest BCUT2D eigenvalue weighted by Crippen LogP contribution is -2.30. The fourth-order valence-electron chi connectivity index (χ4n) is 2.03. The van der Waals surface area contributed by atoms with Gasteiger partial charge in [0.05, 0.1) is 11.1 Å². The van der Waals surface area contributed by atoms with Crippen molar-refractivity contribution >= 4 is 46.5 Å². The Balaban J connectivity index is 1.83. The number of hydrogen-bond donors (Lipinski definition) is 2. The highest BCUT2D eigenvalue weighted by atomic mass is 35.5. The standard InChI is InChI=1S/C18H13ClN2O3S/c19-12-4-1-5-13(10-12)20-17(22)15(11-14-6-2-8-24-14)21-18(23)16-7-3-9-25-16/h1-11H,(H,20,22)(H,21,23)/b15-11+. The second-order valence-corrected chi connectivity index (χ2v) is 6.35. The summed E-state index contributed by atoms with van der Waals surface area (Å²) in [4.78, 5) is 25.4. The van der Waals surface area contributed by atoms with Crippen molar-refractivity contribution in [3.05, 3.63) is 81.5 Å². The SMILES string of the molecule is O=C(Nc1cccc(Cl)c1)/C(=C\c1ccco1)NC(=O)c1cccs1. The summed E-state index contributed by atoms with van der Waals surface area (Å²) in [7, 11) is 0. The number of thiophene rings is 1. The Hall–Kier alpha value is -2.83. The van der Waals surface area contributed by atoms with Gasteiger partial charge in [0.15, 0.2) is 0 Å². The van der Waals surface area contributed by atoms with E-state index >= 15 is 0 Å². The summed E-state index contributed by atoms with van der Waals surface area (Å²) in [5, 5.41) is 7.61. The van der Waals surface area contributed by atoms with Gasteiger partial charge in [-0.2, -0.15) is 0 Å². The lowest BCUT2D eigenvalue weighted by atomic mass is 10.2. The number of furan rings is 1. The highest BCUT2D eigenvalue weighted by Crippen LogP contribution is 2.17. The quantitative estimate of drug-likeness (QED) is 0.652. The van der Waals surface area contributed by atoms with Crippen LogP contribution in [0.4, 0.5) is 5.69 Å². The molecule has 0 fully saturated rings. The van der Waals surface area contributed by atoms with Crippen LogP contribution in [-0.2, 0) is 4.79 Å². The van der Waals surface area contributed by atoms with Crippen LogP contribution in [0.3, 0.4) is 0 Å². The van der Waals surface area contributed by atoms with Crippen LogP contribution in [0, 0.1) is 0 Å². The molecule has 0 radical (unpaired) electrons. The van der Waals surface area contributed by atoms with Gasteiger partial charge in [0.25, 0.3) is 11.8 Å². The normalized spacial score (nSPS) is 11.2. The van der Waals surface area contributed by atoms with Crippen LogP contribution in [0.25, 0.3) is 6.08 Å². The molecule has 0 aliphatic heterocycles. The number of amides is 2. The van der Waals surface area contributed by atoms with Crippen LogP contribution >= 0.6 is 22.9 Å². The summed E-state index contributed by atoms with van der Waals surface area (Å²) in [5.41, 5.74) is 0.585. The van der Waals surface area contributed by atoms with Gasteiger partial charge in [-0.3, -0.25) is 9.59 Å². The molecule has 1 aromatic carbocycles. The summed E-state index contributed by atoms with van der Waals surface area (Å²) in [6.45, 7) is 0. The Kier molecular flexibility index (Phi) is 5.33. The second kappa shape index (κ2) is 7.83. The number of hydrogen-bond acceptors (Lipinski definition) is 4. The average Bonchev–Trinajstić information content (AvgIpc) is 3.28. The Labute approximate surface area is 152 Å². The van der Waals surface area contributed by atoms with E-state index in [0.717, 1.165) is 0 Å². The smallest absolute Gasteiger partial charge is 0.272 e. The molecule has 3 rings (SSSR count). The van der Waals surface area contributed by atoms with Gasteiger partial charge in [-0.05, 0) is 41.8 Å². The Morgan fingerprint density at radius 2 is 2.00 bits per heavy atom. The Bertz CT molecular complexity index is 902. The first-order valence-corrected chi connectivity index (χ1v) is 8.54. The van der Waals surface area contributed by atoms with E-state index in [0.29, 0.717) is 21.3 Å². The van der Waals surface area contributed by atoms with Crippen LogP contribution in [-0.4, -0.2) is 11.8 Å². The molecule has 7 heteroatoms. The predicted molar refractivity (Wildman–Crippen MR) is 98.6 cm³/mol. The van der Waals surface area contributed by atoms with Crippen molar-refractivity contribution in [1.82, 2.24) is 5.32 Å². The molecular formula is C18H13ClN2O3S. The zero-order valence-electron chi connectivity index (χ0n) is 12.9. The van der Waals surface area contributed by atoms with E-state index in [-0.39, 0.29) is 11.6 Å². The minimum Gasteiger partial charge on any atom is -0.465 e. The highest BCUT2D eigenvalue weighted by Gasteiger charge is 2.16. The fourth-order valence-corrected chi connectivity index (χ4v) is 2.84. The van der Waals surface area contributed by atoms with Gasteiger partial charge in [-0.1, -0.05) is 23.7 Å². The third-order valence-electron chi connectivity index (χ3n) is 3.15. The largest absolute Gasteiger partial charge is 0.465 e. The zero-order chi connectivity index (χ0) is 17.6. The molecule has 2 heterocycles. The number of halogens is 1. The van der Waals surface area contributed by atoms with Crippen LogP contribution < -0.4 is 10.6 Å².